The highest BCUT2D eigenvalue weighted by Gasteiger charge is 2.26. The zero-order valence-electron chi connectivity index (χ0n) is 11.3. The predicted octanol–water partition coefficient (Wildman–Crippen LogP) is 2.72. The molecule has 0 aromatic heterocycles. The molecule has 1 aliphatic rings. The molecule has 0 bridgehead atoms. The number of Topliss-reactive ketones (excluding diaryl/α,β-unsaturated/α-hetero) is 1. The smallest absolute Gasteiger partial charge is 0.179 e. The molecule has 3 nitrogen and oxygen atoms in total. The van der Waals surface area contributed by atoms with E-state index in [1.54, 1.807) is 0 Å². The Bertz CT molecular complexity index is 438. The van der Waals surface area contributed by atoms with E-state index in [1.807, 2.05) is 39.0 Å². The summed E-state index contributed by atoms with van der Waals surface area (Å²) in [5, 5.41) is 3.33. The minimum Gasteiger partial charge on any atom is -0.494 e. The maximum atomic E-state index is 12.2. The third-order valence-corrected chi connectivity index (χ3v) is 3.22. The van der Waals surface area contributed by atoms with Crippen LogP contribution in [0.1, 0.15) is 42.6 Å². The second-order valence-electron chi connectivity index (χ2n) is 4.94. The molecular formula is C15H21NO2. The van der Waals surface area contributed by atoms with Crippen molar-refractivity contribution in [3.63, 3.8) is 0 Å². The van der Waals surface area contributed by atoms with Crippen molar-refractivity contribution in [3.05, 3.63) is 29.3 Å². The number of nitrogens with one attached hydrogen (secondary N) is 1. The van der Waals surface area contributed by atoms with Crippen LogP contribution in [0.4, 0.5) is 0 Å². The van der Waals surface area contributed by atoms with Gasteiger partial charge in [0, 0.05) is 11.6 Å². The summed E-state index contributed by atoms with van der Waals surface area (Å²) in [5.74, 6) is 1.02. The van der Waals surface area contributed by atoms with Gasteiger partial charge in [0.05, 0.1) is 12.6 Å². The molecule has 1 fully saturated rings. The summed E-state index contributed by atoms with van der Waals surface area (Å²) in [6, 6.07) is 6.10. The standard InChI is InChI=1S/C15H21NO2/c1-4-18-14-8-5-12(9-10(14)2)15(17)11(3)16-13-6-7-13/h5,8-9,11,13,16H,4,6-7H2,1-3H3. The van der Waals surface area contributed by atoms with Crippen LogP contribution in [-0.4, -0.2) is 24.5 Å². The third-order valence-electron chi connectivity index (χ3n) is 3.22. The lowest BCUT2D eigenvalue weighted by molar-refractivity contribution is 0.0950. The van der Waals surface area contributed by atoms with Crippen LogP contribution in [0, 0.1) is 6.92 Å². The Balaban J connectivity index is 2.07. The van der Waals surface area contributed by atoms with Crippen LogP contribution < -0.4 is 10.1 Å². The maximum Gasteiger partial charge on any atom is 0.179 e. The topological polar surface area (TPSA) is 38.3 Å². The Morgan fingerprint density at radius 1 is 1.50 bits per heavy atom. The maximum absolute atomic E-state index is 12.2. The Morgan fingerprint density at radius 2 is 2.22 bits per heavy atom. The van der Waals surface area contributed by atoms with Gasteiger partial charge in [-0.3, -0.25) is 4.79 Å². The van der Waals surface area contributed by atoms with E-state index in [0.717, 1.165) is 16.9 Å². The Labute approximate surface area is 109 Å². The van der Waals surface area contributed by atoms with Crippen molar-refractivity contribution in [1.82, 2.24) is 5.32 Å². The summed E-state index contributed by atoms with van der Waals surface area (Å²) < 4.78 is 5.48. The van der Waals surface area contributed by atoms with Crippen molar-refractivity contribution in [2.75, 3.05) is 6.61 Å². The van der Waals surface area contributed by atoms with Crippen molar-refractivity contribution in [2.45, 2.75) is 45.7 Å². The van der Waals surface area contributed by atoms with E-state index in [0.29, 0.717) is 12.6 Å². The molecule has 1 N–H and O–H groups in total. The van der Waals surface area contributed by atoms with Gasteiger partial charge >= 0.3 is 0 Å². The van der Waals surface area contributed by atoms with Gasteiger partial charge in [0.1, 0.15) is 5.75 Å². The average molecular weight is 247 g/mol. The first kappa shape index (κ1) is 13.1. The number of rotatable bonds is 6. The molecule has 0 heterocycles. The zero-order valence-corrected chi connectivity index (χ0v) is 11.3. The van der Waals surface area contributed by atoms with E-state index in [4.69, 9.17) is 4.74 Å². The Kier molecular flexibility index (Phi) is 4.02. The van der Waals surface area contributed by atoms with Crippen molar-refractivity contribution >= 4 is 5.78 Å². The Morgan fingerprint density at radius 3 is 2.78 bits per heavy atom. The van der Waals surface area contributed by atoms with Crippen LogP contribution in [0.2, 0.25) is 0 Å². The number of ketones is 1. The molecule has 98 valence electrons. The minimum absolute atomic E-state index is 0.102. The fourth-order valence-corrected chi connectivity index (χ4v) is 2.05. The number of benzene rings is 1. The van der Waals surface area contributed by atoms with Gasteiger partial charge in [-0.1, -0.05) is 0 Å². The van der Waals surface area contributed by atoms with Gasteiger partial charge in [0.2, 0.25) is 0 Å². The van der Waals surface area contributed by atoms with Crippen LogP contribution in [0.15, 0.2) is 18.2 Å². The van der Waals surface area contributed by atoms with Crippen LogP contribution in [0.5, 0.6) is 5.75 Å². The van der Waals surface area contributed by atoms with Crippen LogP contribution in [0.25, 0.3) is 0 Å². The highest BCUT2D eigenvalue weighted by atomic mass is 16.5. The second-order valence-corrected chi connectivity index (χ2v) is 4.94. The van der Waals surface area contributed by atoms with E-state index < -0.39 is 0 Å². The number of aryl methyl sites for hydroxylation is 1. The lowest BCUT2D eigenvalue weighted by Gasteiger charge is -2.13. The first-order chi connectivity index (χ1) is 8.61. The molecule has 18 heavy (non-hydrogen) atoms. The molecule has 3 heteroatoms. The molecule has 0 spiro atoms. The van der Waals surface area contributed by atoms with Gasteiger partial charge in [-0.2, -0.15) is 0 Å². The molecule has 1 saturated carbocycles. The van der Waals surface area contributed by atoms with Crippen LogP contribution >= 0.6 is 0 Å². The van der Waals surface area contributed by atoms with Gasteiger partial charge in [-0.25, -0.2) is 0 Å². The van der Waals surface area contributed by atoms with Gasteiger partial charge in [-0.05, 0) is 57.4 Å². The minimum atomic E-state index is -0.102. The van der Waals surface area contributed by atoms with Gasteiger partial charge in [0.15, 0.2) is 5.78 Å². The lowest BCUT2D eigenvalue weighted by atomic mass is 10.0. The van der Waals surface area contributed by atoms with Gasteiger partial charge < -0.3 is 10.1 Å². The number of ether oxygens (including phenoxy) is 1. The van der Waals surface area contributed by atoms with Crippen molar-refractivity contribution in [3.8, 4) is 5.75 Å². The highest BCUT2D eigenvalue weighted by Crippen LogP contribution is 2.22. The number of hydrogen-bond donors (Lipinski definition) is 1. The molecule has 1 aromatic rings. The second kappa shape index (κ2) is 5.53. The molecule has 1 unspecified atom stereocenters. The summed E-state index contributed by atoms with van der Waals surface area (Å²) in [5.41, 5.74) is 1.78. The molecule has 2 rings (SSSR count). The third kappa shape index (κ3) is 3.10. The first-order valence-corrected chi connectivity index (χ1v) is 6.65. The van der Waals surface area contributed by atoms with E-state index in [2.05, 4.69) is 5.32 Å². The van der Waals surface area contributed by atoms with Gasteiger partial charge in [0.25, 0.3) is 0 Å². The van der Waals surface area contributed by atoms with Crippen LogP contribution in [-0.2, 0) is 0 Å². The number of hydrogen-bond acceptors (Lipinski definition) is 3. The predicted molar refractivity (Wildman–Crippen MR) is 72.3 cm³/mol. The Hall–Kier alpha value is -1.35. The first-order valence-electron chi connectivity index (χ1n) is 6.65. The van der Waals surface area contributed by atoms with Crippen molar-refractivity contribution in [1.29, 1.82) is 0 Å². The summed E-state index contributed by atoms with van der Waals surface area (Å²) >= 11 is 0. The van der Waals surface area contributed by atoms with Crippen molar-refractivity contribution < 1.29 is 9.53 Å². The van der Waals surface area contributed by atoms with Crippen molar-refractivity contribution in [2.24, 2.45) is 0 Å². The number of carbonyl (C=O) groups is 1. The summed E-state index contributed by atoms with van der Waals surface area (Å²) in [7, 11) is 0. The van der Waals surface area contributed by atoms with Gasteiger partial charge in [-0.15, -0.1) is 0 Å². The molecular weight excluding hydrogens is 226 g/mol. The molecule has 0 radical (unpaired) electrons. The zero-order chi connectivity index (χ0) is 13.1. The van der Waals surface area contributed by atoms with E-state index in [9.17, 15) is 4.79 Å². The molecule has 0 aliphatic heterocycles. The highest BCUT2D eigenvalue weighted by molar-refractivity contribution is 6.00. The summed E-state index contributed by atoms with van der Waals surface area (Å²) in [6.07, 6.45) is 2.39. The fraction of sp³-hybridized carbons (Fsp3) is 0.533. The number of carbonyl (C=O) groups excluding carboxylic acids is 1. The van der Waals surface area contributed by atoms with E-state index >= 15 is 0 Å². The monoisotopic (exact) mass is 247 g/mol. The van der Waals surface area contributed by atoms with E-state index in [-0.39, 0.29) is 11.8 Å². The fourth-order valence-electron chi connectivity index (χ4n) is 2.05. The summed E-state index contributed by atoms with van der Waals surface area (Å²) in [6.45, 7) is 6.51. The lowest BCUT2D eigenvalue weighted by Crippen LogP contribution is -2.35. The largest absolute Gasteiger partial charge is 0.494 e. The molecule has 1 aromatic carbocycles. The normalized spacial score (nSPS) is 16.4. The molecule has 0 amide bonds. The van der Waals surface area contributed by atoms with E-state index in [1.165, 1.54) is 12.8 Å². The average Bonchev–Trinajstić information content (AvgIpc) is 3.15. The molecule has 1 aliphatic carbocycles. The molecule has 1 atom stereocenters. The summed E-state index contributed by atoms with van der Waals surface area (Å²) in [4.78, 5) is 12.2. The SMILES string of the molecule is CCOc1ccc(C(=O)C(C)NC2CC2)cc1C. The van der Waals surface area contributed by atoms with Crippen LogP contribution in [0.3, 0.4) is 0 Å². The molecule has 0 saturated heterocycles. The quantitative estimate of drug-likeness (QED) is 0.785.